The summed E-state index contributed by atoms with van der Waals surface area (Å²) in [5.41, 5.74) is 1.98. The number of piperidine rings is 1. The number of methoxy groups -OCH3 is 1. The Morgan fingerprint density at radius 2 is 1.68 bits per heavy atom. The second-order valence-electron chi connectivity index (χ2n) is 15.9. The average molecular weight is 728 g/mol. The van der Waals surface area contributed by atoms with Crippen molar-refractivity contribution in [1.82, 2.24) is 4.90 Å². The molecule has 3 radical (unpaired) electrons. The highest BCUT2D eigenvalue weighted by atomic mass is 35.5. The molecule has 2 aromatic carbocycles. The fourth-order valence-electron chi connectivity index (χ4n) is 9.06. The Balaban J connectivity index is 1.95. The molecule has 0 aliphatic carbocycles. The Kier molecular flexibility index (Phi) is 13.8. The summed E-state index contributed by atoms with van der Waals surface area (Å²) in [7, 11) is 5.09. The molecule has 0 unspecified atom stereocenters. The smallest absolute Gasteiger partial charge is 0.410 e. The molecule has 2 aliphatic heterocycles. The predicted molar refractivity (Wildman–Crippen MR) is 202 cm³/mol. The van der Waals surface area contributed by atoms with Crippen LogP contribution in [0.1, 0.15) is 91.3 Å². The van der Waals surface area contributed by atoms with Crippen LogP contribution < -0.4 is 9.64 Å². The molecule has 1 amide bonds. The van der Waals surface area contributed by atoms with Crippen LogP contribution in [-0.2, 0) is 31.1 Å². The van der Waals surface area contributed by atoms with Crippen molar-refractivity contribution in [2.24, 2.45) is 23.7 Å². The Labute approximate surface area is 310 Å². The number of carbonyl (C=O) groups is 1. The van der Waals surface area contributed by atoms with Crippen molar-refractivity contribution in [2.45, 2.75) is 104 Å². The standard InChI is InChI=1S/C40H60ClN2O6Si/c1-27(2)39(28(3)4)40(29(5)6,47-25-31-14-17-35-34(22-31)42(19-21-46-35)18-11-20-45-10)36(32-15-12-30(23-41)13-16-32)33(26-48-50)24-43(39)37(44)49-38(7,8)9/h12-17,22,27-29,33,36H,11,18-21,23-26H2,1-10H3/t33-,36-,40+/m0/s1. The summed E-state index contributed by atoms with van der Waals surface area (Å²) in [6.07, 6.45) is 0.598. The lowest BCUT2D eigenvalue weighted by Gasteiger charge is -2.68. The molecule has 1 fully saturated rings. The molecule has 4 rings (SSSR count). The Bertz CT molecular complexity index is 1390. The van der Waals surface area contributed by atoms with Crippen molar-refractivity contribution < 1.29 is 28.2 Å². The maximum Gasteiger partial charge on any atom is 0.410 e. The van der Waals surface area contributed by atoms with Crippen LogP contribution >= 0.6 is 11.6 Å². The average Bonchev–Trinajstić information content (AvgIpc) is 3.06. The summed E-state index contributed by atoms with van der Waals surface area (Å²) in [6.45, 7) is 23.4. The lowest BCUT2D eigenvalue weighted by molar-refractivity contribution is -0.255. The first-order valence-corrected chi connectivity index (χ1v) is 19.2. The molecule has 0 aromatic heterocycles. The zero-order chi connectivity index (χ0) is 36.9. The molecule has 1 saturated heterocycles. The number of hydrogen-bond donors (Lipinski definition) is 0. The highest BCUT2D eigenvalue weighted by Gasteiger charge is 2.70. The minimum absolute atomic E-state index is 0.000567. The van der Waals surface area contributed by atoms with Gasteiger partial charge in [-0.05, 0) is 73.8 Å². The van der Waals surface area contributed by atoms with E-state index in [0.717, 1.165) is 47.6 Å². The maximum atomic E-state index is 14.6. The van der Waals surface area contributed by atoms with Gasteiger partial charge < -0.3 is 28.3 Å². The Morgan fingerprint density at radius 1 is 1.02 bits per heavy atom. The van der Waals surface area contributed by atoms with Crippen LogP contribution in [0.2, 0.25) is 0 Å². The number of ether oxygens (including phenoxy) is 4. The summed E-state index contributed by atoms with van der Waals surface area (Å²) in [5, 5.41) is 0. The van der Waals surface area contributed by atoms with Crippen molar-refractivity contribution in [1.29, 1.82) is 0 Å². The van der Waals surface area contributed by atoms with Crippen LogP contribution in [0.3, 0.4) is 0 Å². The van der Waals surface area contributed by atoms with Gasteiger partial charge in [0.15, 0.2) is 0 Å². The quantitative estimate of drug-likeness (QED) is 0.110. The first-order chi connectivity index (χ1) is 23.7. The number of amides is 1. The molecular weight excluding hydrogens is 668 g/mol. The fraction of sp³-hybridized carbons (Fsp3) is 0.675. The van der Waals surface area contributed by atoms with Gasteiger partial charge in [0.2, 0.25) is 10.5 Å². The number of benzene rings is 2. The van der Waals surface area contributed by atoms with E-state index in [1.54, 1.807) is 7.11 Å². The number of alkyl halides is 1. The number of likely N-dealkylation sites (tertiary alicyclic amines) is 1. The third kappa shape index (κ3) is 8.02. The molecule has 10 heteroatoms. The minimum atomic E-state index is -0.882. The first-order valence-electron chi connectivity index (χ1n) is 18.2. The summed E-state index contributed by atoms with van der Waals surface area (Å²) >= 11 is 6.27. The maximum absolute atomic E-state index is 14.6. The van der Waals surface area contributed by atoms with E-state index in [4.69, 9.17) is 35.0 Å². The van der Waals surface area contributed by atoms with Crippen LogP contribution in [0, 0.1) is 23.7 Å². The highest BCUT2D eigenvalue weighted by Crippen LogP contribution is 2.60. The second-order valence-corrected chi connectivity index (χ2v) is 16.4. The number of carbonyl (C=O) groups excluding carboxylic acids is 1. The van der Waals surface area contributed by atoms with Crippen LogP contribution in [0.15, 0.2) is 42.5 Å². The molecule has 0 N–H and O–H groups in total. The van der Waals surface area contributed by atoms with Gasteiger partial charge in [-0.2, -0.15) is 0 Å². The van der Waals surface area contributed by atoms with Crippen LogP contribution in [-0.4, -0.2) is 84.8 Å². The van der Waals surface area contributed by atoms with Gasteiger partial charge in [-0.3, -0.25) is 4.90 Å². The van der Waals surface area contributed by atoms with Gasteiger partial charge in [0.05, 0.1) is 24.4 Å². The molecule has 0 bridgehead atoms. The number of fused-ring (bicyclic) bond motifs is 1. The molecule has 3 atom stereocenters. The molecular formula is C40H60ClN2O6Si. The SMILES string of the molecule is COCCCN1CCOc2ccc(CO[C@]3(C(C)C)[C@@H](c4ccc(CCl)cc4)[C@H](CO[Si])CN(C(=O)OC(C)(C)C)C3(C(C)C)C(C)C)cc21. The van der Waals surface area contributed by atoms with E-state index in [0.29, 0.717) is 38.9 Å². The number of anilines is 1. The van der Waals surface area contributed by atoms with Gasteiger partial charge >= 0.3 is 6.09 Å². The Morgan fingerprint density at radius 3 is 2.24 bits per heavy atom. The van der Waals surface area contributed by atoms with Crippen LogP contribution in [0.4, 0.5) is 10.5 Å². The largest absolute Gasteiger partial charge is 0.490 e. The van der Waals surface area contributed by atoms with Gasteiger partial charge in [-0.15, -0.1) is 11.6 Å². The highest BCUT2D eigenvalue weighted by molar-refractivity contribution is 6.17. The van der Waals surface area contributed by atoms with Crippen molar-refractivity contribution in [2.75, 3.05) is 51.5 Å². The van der Waals surface area contributed by atoms with E-state index in [9.17, 15) is 4.79 Å². The predicted octanol–water partition coefficient (Wildman–Crippen LogP) is 8.37. The fourth-order valence-corrected chi connectivity index (χ4v) is 9.45. The number of rotatable bonds is 14. The summed E-state index contributed by atoms with van der Waals surface area (Å²) in [4.78, 5) is 18.9. The van der Waals surface area contributed by atoms with E-state index < -0.39 is 16.7 Å². The van der Waals surface area contributed by atoms with Gasteiger partial charge in [-0.25, -0.2) is 4.79 Å². The third-order valence-electron chi connectivity index (χ3n) is 10.7. The van der Waals surface area contributed by atoms with E-state index >= 15 is 0 Å². The van der Waals surface area contributed by atoms with Gasteiger partial charge in [-0.1, -0.05) is 71.9 Å². The minimum Gasteiger partial charge on any atom is -0.490 e. The van der Waals surface area contributed by atoms with Gasteiger partial charge in [0.25, 0.3) is 0 Å². The van der Waals surface area contributed by atoms with E-state index in [1.807, 2.05) is 25.7 Å². The van der Waals surface area contributed by atoms with Crippen molar-refractivity contribution >= 4 is 33.9 Å². The molecule has 0 spiro atoms. The number of hydrogen-bond acceptors (Lipinski definition) is 7. The normalized spacial score (nSPS) is 22.2. The van der Waals surface area contributed by atoms with E-state index in [-0.39, 0.29) is 35.7 Å². The van der Waals surface area contributed by atoms with Crippen molar-refractivity contribution in [3.8, 4) is 5.75 Å². The molecule has 8 nitrogen and oxygen atoms in total. The van der Waals surface area contributed by atoms with Gasteiger partial charge in [0.1, 0.15) is 23.6 Å². The number of nitrogens with zero attached hydrogens (tertiary/aromatic N) is 2. The van der Waals surface area contributed by atoms with E-state index in [2.05, 4.69) is 99.4 Å². The second kappa shape index (κ2) is 17.0. The first kappa shape index (κ1) is 40.5. The third-order valence-corrected chi connectivity index (χ3v) is 11.2. The summed E-state index contributed by atoms with van der Waals surface area (Å²) < 4.78 is 31.1. The summed E-state index contributed by atoms with van der Waals surface area (Å²) in [6, 6.07) is 15.0. The van der Waals surface area contributed by atoms with Crippen LogP contribution in [0.5, 0.6) is 5.75 Å². The zero-order valence-electron chi connectivity index (χ0n) is 32.0. The Hall–Kier alpha value is -2.30. The molecule has 277 valence electrons. The lowest BCUT2D eigenvalue weighted by atomic mass is 9.50. The molecule has 50 heavy (non-hydrogen) atoms. The monoisotopic (exact) mass is 727 g/mol. The number of halogens is 1. The topological polar surface area (TPSA) is 69.7 Å². The van der Waals surface area contributed by atoms with Gasteiger partial charge in [0, 0.05) is 51.1 Å². The lowest BCUT2D eigenvalue weighted by Crippen LogP contribution is -2.80. The molecule has 2 aliphatic rings. The molecule has 0 saturated carbocycles. The van der Waals surface area contributed by atoms with Crippen molar-refractivity contribution in [3.63, 3.8) is 0 Å². The van der Waals surface area contributed by atoms with Crippen molar-refractivity contribution in [3.05, 3.63) is 59.2 Å². The molecule has 2 aromatic rings. The molecule has 2 heterocycles. The van der Waals surface area contributed by atoms with Crippen LogP contribution in [0.25, 0.3) is 0 Å². The zero-order valence-corrected chi connectivity index (χ0v) is 33.8. The summed E-state index contributed by atoms with van der Waals surface area (Å²) in [5.74, 6) is 1.03. The van der Waals surface area contributed by atoms with E-state index in [1.165, 1.54) is 0 Å².